The number of hydrogen-bond donors (Lipinski definition) is 2. The van der Waals surface area contributed by atoms with Crippen molar-refractivity contribution in [3.8, 4) is 0 Å². The maximum atomic E-state index is 13.0. The van der Waals surface area contributed by atoms with Crippen LogP contribution in [0.1, 0.15) is 20.3 Å². The summed E-state index contributed by atoms with van der Waals surface area (Å²) in [5.74, 6) is 0.301. The van der Waals surface area contributed by atoms with E-state index in [0.29, 0.717) is 17.6 Å². The molecule has 0 heterocycles. The summed E-state index contributed by atoms with van der Waals surface area (Å²) < 4.78 is 13.0. The molecule has 0 bridgehead atoms. The monoisotopic (exact) mass is 253 g/mol. The SMILES string of the molecule is CC(C)CC(CN(C)C)Nc1ccc(F)cc1N. The minimum atomic E-state index is -0.300. The second-order valence-corrected chi connectivity index (χ2v) is 5.46. The van der Waals surface area contributed by atoms with E-state index in [-0.39, 0.29) is 5.82 Å². The van der Waals surface area contributed by atoms with E-state index >= 15 is 0 Å². The van der Waals surface area contributed by atoms with Crippen molar-refractivity contribution >= 4 is 11.4 Å². The van der Waals surface area contributed by atoms with Gasteiger partial charge in [-0.3, -0.25) is 0 Å². The summed E-state index contributed by atoms with van der Waals surface area (Å²) in [5.41, 5.74) is 7.09. The third-order valence-electron chi connectivity index (χ3n) is 2.71. The molecule has 3 N–H and O–H groups in total. The molecule has 1 atom stereocenters. The number of hydrogen-bond acceptors (Lipinski definition) is 3. The van der Waals surface area contributed by atoms with Gasteiger partial charge in [0.2, 0.25) is 0 Å². The summed E-state index contributed by atoms with van der Waals surface area (Å²) in [4.78, 5) is 2.14. The molecule has 0 spiro atoms. The van der Waals surface area contributed by atoms with Gasteiger partial charge in [0.1, 0.15) is 5.82 Å². The quantitative estimate of drug-likeness (QED) is 0.766. The molecule has 0 saturated carbocycles. The van der Waals surface area contributed by atoms with E-state index in [2.05, 4.69) is 24.1 Å². The molecule has 1 unspecified atom stereocenters. The van der Waals surface area contributed by atoms with Crippen molar-refractivity contribution in [1.29, 1.82) is 0 Å². The Kier molecular flexibility index (Phi) is 5.41. The van der Waals surface area contributed by atoms with Crippen molar-refractivity contribution in [3.63, 3.8) is 0 Å². The minimum Gasteiger partial charge on any atom is -0.397 e. The van der Waals surface area contributed by atoms with E-state index in [4.69, 9.17) is 5.73 Å². The van der Waals surface area contributed by atoms with Crippen molar-refractivity contribution in [3.05, 3.63) is 24.0 Å². The molecule has 18 heavy (non-hydrogen) atoms. The average molecular weight is 253 g/mol. The van der Waals surface area contributed by atoms with Crippen LogP contribution in [-0.4, -0.2) is 31.6 Å². The molecule has 1 aromatic rings. The molecule has 0 aromatic heterocycles. The van der Waals surface area contributed by atoms with Gasteiger partial charge in [-0.05, 0) is 44.6 Å². The molecule has 0 radical (unpaired) electrons. The van der Waals surface area contributed by atoms with E-state index in [1.807, 2.05) is 14.1 Å². The molecule has 1 aromatic carbocycles. The highest BCUT2D eigenvalue weighted by atomic mass is 19.1. The molecule has 102 valence electrons. The number of nitrogens with one attached hydrogen (secondary N) is 1. The molecule has 0 fully saturated rings. The van der Waals surface area contributed by atoms with Crippen LogP contribution in [0.15, 0.2) is 18.2 Å². The lowest BCUT2D eigenvalue weighted by Gasteiger charge is -2.25. The van der Waals surface area contributed by atoms with Gasteiger partial charge < -0.3 is 16.0 Å². The number of likely N-dealkylation sites (N-methyl/N-ethyl adjacent to an activating group) is 1. The zero-order chi connectivity index (χ0) is 13.7. The Labute approximate surface area is 109 Å². The van der Waals surface area contributed by atoms with Gasteiger partial charge in [0.15, 0.2) is 0 Å². The Morgan fingerprint density at radius 2 is 2.00 bits per heavy atom. The van der Waals surface area contributed by atoms with Crippen LogP contribution in [0.2, 0.25) is 0 Å². The van der Waals surface area contributed by atoms with Crippen molar-refractivity contribution in [2.75, 3.05) is 31.7 Å². The first-order chi connectivity index (χ1) is 8.38. The lowest BCUT2D eigenvalue weighted by Crippen LogP contribution is -2.33. The number of nitrogens with two attached hydrogens (primary N) is 1. The van der Waals surface area contributed by atoms with E-state index in [9.17, 15) is 4.39 Å². The second-order valence-electron chi connectivity index (χ2n) is 5.46. The zero-order valence-corrected chi connectivity index (χ0v) is 11.7. The van der Waals surface area contributed by atoms with Gasteiger partial charge in [-0.25, -0.2) is 4.39 Å². The molecule has 0 saturated heterocycles. The Balaban J connectivity index is 2.75. The largest absolute Gasteiger partial charge is 0.397 e. The van der Waals surface area contributed by atoms with E-state index in [1.165, 1.54) is 12.1 Å². The first kappa shape index (κ1) is 14.8. The van der Waals surface area contributed by atoms with Crippen LogP contribution in [0.25, 0.3) is 0 Å². The van der Waals surface area contributed by atoms with Gasteiger partial charge in [-0.2, -0.15) is 0 Å². The smallest absolute Gasteiger partial charge is 0.125 e. The third-order valence-corrected chi connectivity index (χ3v) is 2.71. The van der Waals surface area contributed by atoms with E-state index < -0.39 is 0 Å². The number of halogens is 1. The van der Waals surface area contributed by atoms with E-state index in [1.54, 1.807) is 6.07 Å². The maximum absolute atomic E-state index is 13.0. The predicted octanol–water partition coefficient (Wildman–Crippen LogP) is 2.80. The number of nitrogens with zero attached hydrogens (tertiary/aromatic N) is 1. The second kappa shape index (κ2) is 6.59. The number of rotatable bonds is 6. The van der Waals surface area contributed by atoms with Crippen LogP contribution < -0.4 is 11.1 Å². The molecular formula is C14H24FN3. The Morgan fingerprint density at radius 3 is 2.50 bits per heavy atom. The topological polar surface area (TPSA) is 41.3 Å². The fourth-order valence-corrected chi connectivity index (χ4v) is 2.07. The molecule has 1 rings (SSSR count). The lowest BCUT2D eigenvalue weighted by molar-refractivity contribution is 0.356. The first-order valence-corrected chi connectivity index (χ1v) is 6.34. The summed E-state index contributed by atoms with van der Waals surface area (Å²) in [6, 6.07) is 4.80. The average Bonchev–Trinajstić information content (AvgIpc) is 2.20. The Morgan fingerprint density at radius 1 is 1.33 bits per heavy atom. The molecule has 0 aliphatic rings. The van der Waals surface area contributed by atoms with Gasteiger partial charge >= 0.3 is 0 Å². The predicted molar refractivity (Wildman–Crippen MR) is 76.2 cm³/mol. The Hall–Kier alpha value is -1.29. The van der Waals surface area contributed by atoms with Crippen LogP contribution in [0.3, 0.4) is 0 Å². The molecule has 0 amide bonds. The first-order valence-electron chi connectivity index (χ1n) is 6.34. The fourth-order valence-electron chi connectivity index (χ4n) is 2.07. The highest BCUT2D eigenvalue weighted by Crippen LogP contribution is 2.21. The summed E-state index contributed by atoms with van der Waals surface area (Å²) in [6.07, 6.45) is 1.05. The molecule has 0 aliphatic carbocycles. The molecular weight excluding hydrogens is 229 g/mol. The van der Waals surface area contributed by atoms with Gasteiger partial charge in [-0.15, -0.1) is 0 Å². The number of benzene rings is 1. The van der Waals surface area contributed by atoms with Crippen LogP contribution in [0, 0.1) is 11.7 Å². The number of anilines is 2. The van der Waals surface area contributed by atoms with Crippen molar-refractivity contribution in [2.24, 2.45) is 5.92 Å². The highest BCUT2D eigenvalue weighted by molar-refractivity contribution is 5.66. The van der Waals surface area contributed by atoms with E-state index in [0.717, 1.165) is 18.7 Å². The van der Waals surface area contributed by atoms with Gasteiger partial charge in [0, 0.05) is 12.6 Å². The van der Waals surface area contributed by atoms with Gasteiger partial charge in [0.25, 0.3) is 0 Å². The van der Waals surface area contributed by atoms with Crippen LogP contribution in [-0.2, 0) is 0 Å². The summed E-state index contributed by atoms with van der Waals surface area (Å²) >= 11 is 0. The molecule has 4 heteroatoms. The standard InChI is InChI=1S/C14H24FN3/c1-10(2)7-12(9-18(3)4)17-14-6-5-11(15)8-13(14)16/h5-6,8,10,12,17H,7,9,16H2,1-4H3. The van der Waals surface area contributed by atoms with Gasteiger partial charge in [-0.1, -0.05) is 13.8 Å². The Bertz CT molecular complexity index is 367. The third kappa shape index (κ3) is 4.92. The highest BCUT2D eigenvalue weighted by Gasteiger charge is 2.13. The maximum Gasteiger partial charge on any atom is 0.125 e. The fraction of sp³-hybridized carbons (Fsp3) is 0.571. The van der Waals surface area contributed by atoms with Crippen molar-refractivity contribution < 1.29 is 4.39 Å². The van der Waals surface area contributed by atoms with Crippen LogP contribution in [0.5, 0.6) is 0 Å². The minimum absolute atomic E-state index is 0.300. The molecule has 0 aliphatic heterocycles. The molecule has 3 nitrogen and oxygen atoms in total. The normalized spacial score (nSPS) is 13.1. The summed E-state index contributed by atoms with van der Waals surface area (Å²) in [7, 11) is 4.09. The summed E-state index contributed by atoms with van der Waals surface area (Å²) in [6.45, 7) is 5.31. The lowest BCUT2D eigenvalue weighted by atomic mass is 10.0. The van der Waals surface area contributed by atoms with Crippen molar-refractivity contribution in [1.82, 2.24) is 4.90 Å². The van der Waals surface area contributed by atoms with Crippen molar-refractivity contribution in [2.45, 2.75) is 26.3 Å². The van der Waals surface area contributed by atoms with Crippen LogP contribution in [0.4, 0.5) is 15.8 Å². The zero-order valence-electron chi connectivity index (χ0n) is 11.7. The van der Waals surface area contributed by atoms with Gasteiger partial charge in [0.05, 0.1) is 11.4 Å². The number of nitrogen functional groups attached to an aromatic ring is 1. The van der Waals surface area contributed by atoms with Crippen LogP contribution >= 0.6 is 0 Å². The summed E-state index contributed by atoms with van der Waals surface area (Å²) in [5, 5.41) is 3.40.